The van der Waals surface area contributed by atoms with Crippen molar-refractivity contribution in [3.05, 3.63) is 24.0 Å². The van der Waals surface area contributed by atoms with E-state index in [4.69, 9.17) is 0 Å². The lowest BCUT2D eigenvalue weighted by Gasteiger charge is -2.65. The Balaban J connectivity index is 1.70. The Labute approximate surface area is 126 Å². The molecule has 1 aromatic heterocycles. The van der Waals surface area contributed by atoms with Crippen molar-refractivity contribution in [3.8, 4) is 6.07 Å². The normalized spacial score (nSPS) is 43.6. The van der Waals surface area contributed by atoms with Crippen LogP contribution in [-0.4, -0.2) is 10.5 Å². The van der Waals surface area contributed by atoms with Crippen LogP contribution >= 0.6 is 0 Å². The highest BCUT2D eigenvalue weighted by Gasteiger charge is 2.60. The predicted molar refractivity (Wildman–Crippen MR) is 82.7 cm³/mol. The first-order valence-corrected chi connectivity index (χ1v) is 8.07. The molecule has 4 aliphatic carbocycles. The van der Waals surface area contributed by atoms with Crippen LogP contribution in [0.2, 0.25) is 0 Å². The molecule has 5 rings (SSSR count). The van der Waals surface area contributed by atoms with Crippen molar-refractivity contribution in [1.82, 2.24) is 4.98 Å². The first-order chi connectivity index (χ1) is 9.93. The van der Waals surface area contributed by atoms with Gasteiger partial charge in [-0.15, -0.1) is 0 Å². The van der Waals surface area contributed by atoms with Crippen LogP contribution in [0, 0.1) is 28.1 Å². The zero-order valence-corrected chi connectivity index (χ0v) is 12.9. The molecule has 0 radical (unpaired) electrons. The summed E-state index contributed by atoms with van der Waals surface area (Å²) in [4.78, 5) is 4.21. The van der Waals surface area contributed by atoms with Crippen molar-refractivity contribution in [2.75, 3.05) is 5.32 Å². The van der Waals surface area contributed by atoms with Crippen LogP contribution < -0.4 is 5.32 Å². The molecule has 0 saturated heterocycles. The van der Waals surface area contributed by atoms with Gasteiger partial charge in [0.25, 0.3) is 0 Å². The maximum absolute atomic E-state index is 9.28. The largest absolute Gasteiger partial charge is 0.377 e. The Kier molecular flexibility index (Phi) is 2.50. The van der Waals surface area contributed by atoms with E-state index >= 15 is 0 Å². The van der Waals surface area contributed by atoms with E-state index in [1.54, 1.807) is 6.20 Å². The summed E-state index contributed by atoms with van der Waals surface area (Å²) in [5.41, 5.74) is 2.60. The third-order valence-electron chi connectivity index (χ3n) is 5.94. The van der Waals surface area contributed by atoms with E-state index in [9.17, 15) is 5.26 Å². The SMILES string of the molecule is CC12CC3CC(C)(C1)CC(Nc1cccnc1C#N)(C3)C2. The molecule has 2 atom stereocenters. The minimum Gasteiger partial charge on any atom is -0.377 e. The molecule has 0 aliphatic heterocycles. The summed E-state index contributed by atoms with van der Waals surface area (Å²) >= 11 is 0. The molecule has 4 fully saturated rings. The Morgan fingerprint density at radius 1 is 1.19 bits per heavy atom. The Hall–Kier alpha value is -1.56. The highest BCUT2D eigenvalue weighted by Crippen LogP contribution is 2.66. The van der Waals surface area contributed by atoms with Crippen molar-refractivity contribution >= 4 is 5.69 Å². The summed E-state index contributed by atoms with van der Waals surface area (Å²) in [7, 11) is 0. The van der Waals surface area contributed by atoms with Crippen LogP contribution in [-0.2, 0) is 0 Å². The molecule has 3 nitrogen and oxygen atoms in total. The lowest BCUT2D eigenvalue weighted by Crippen LogP contribution is -2.61. The van der Waals surface area contributed by atoms with Gasteiger partial charge in [0.1, 0.15) is 6.07 Å². The summed E-state index contributed by atoms with van der Waals surface area (Å²) in [6, 6.07) is 6.16. The predicted octanol–water partition coefficient (Wildman–Crippen LogP) is 4.11. The number of aromatic nitrogens is 1. The summed E-state index contributed by atoms with van der Waals surface area (Å²) in [5.74, 6) is 0.853. The molecular formula is C18H23N3. The van der Waals surface area contributed by atoms with Crippen molar-refractivity contribution in [3.63, 3.8) is 0 Å². The first-order valence-electron chi connectivity index (χ1n) is 8.07. The molecular weight excluding hydrogens is 258 g/mol. The Bertz CT molecular complexity index is 612. The number of nitriles is 1. The fourth-order valence-electron chi connectivity index (χ4n) is 6.47. The average Bonchev–Trinajstić information content (AvgIpc) is 2.34. The molecule has 1 aromatic rings. The van der Waals surface area contributed by atoms with Crippen molar-refractivity contribution < 1.29 is 0 Å². The Morgan fingerprint density at radius 3 is 2.52 bits per heavy atom. The van der Waals surface area contributed by atoms with E-state index in [0.29, 0.717) is 16.5 Å². The second-order valence-electron chi connectivity index (χ2n) is 8.55. The van der Waals surface area contributed by atoms with Crippen LogP contribution in [0.15, 0.2) is 18.3 Å². The van der Waals surface area contributed by atoms with Gasteiger partial charge >= 0.3 is 0 Å². The molecule has 4 bridgehead atoms. The van der Waals surface area contributed by atoms with Crippen molar-refractivity contribution in [1.29, 1.82) is 5.26 Å². The van der Waals surface area contributed by atoms with Crippen LogP contribution in [0.5, 0.6) is 0 Å². The van der Waals surface area contributed by atoms with Gasteiger partial charge in [0, 0.05) is 11.7 Å². The van der Waals surface area contributed by atoms with Crippen LogP contribution in [0.3, 0.4) is 0 Å². The van der Waals surface area contributed by atoms with Crippen molar-refractivity contribution in [2.45, 2.75) is 57.9 Å². The molecule has 1 heterocycles. The van der Waals surface area contributed by atoms with E-state index in [0.717, 1.165) is 11.6 Å². The third-order valence-corrected chi connectivity index (χ3v) is 5.94. The van der Waals surface area contributed by atoms with Gasteiger partial charge in [-0.3, -0.25) is 0 Å². The number of hydrogen-bond donors (Lipinski definition) is 1. The summed E-state index contributed by atoms with van der Waals surface area (Å²) in [6.45, 7) is 4.95. The number of nitrogens with zero attached hydrogens (tertiary/aromatic N) is 2. The van der Waals surface area contributed by atoms with Gasteiger partial charge in [-0.05, 0) is 67.4 Å². The summed E-state index contributed by atoms with van der Waals surface area (Å²) < 4.78 is 0. The second kappa shape index (κ2) is 4.00. The van der Waals surface area contributed by atoms with Crippen LogP contribution in [0.4, 0.5) is 5.69 Å². The van der Waals surface area contributed by atoms with Gasteiger partial charge in [0.2, 0.25) is 0 Å². The molecule has 4 aliphatic rings. The molecule has 4 saturated carbocycles. The van der Waals surface area contributed by atoms with E-state index in [1.807, 2.05) is 12.1 Å². The zero-order chi connectivity index (χ0) is 14.7. The fraction of sp³-hybridized carbons (Fsp3) is 0.667. The summed E-state index contributed by atoms with van der Waals surface area (Å²) in [5, 5.41) is 13.1. The minimum absolute atomic E-state index is 0.178. The Morgan fingerprint density at radius 2 is 1.90 bits per heavy atom. The van der Waals surface area contributed by atoms with Gasteiger partial charge < -0.3 is 5.32 Å². The van der Waals surface area contributed by atoms with E-state index in [1.165, 1.54) is 38.5 Å². The number of pyridine rings is 1. The monoisotopic (exact) mass is 281 g/mol. The van der Waals surface area contributed by atoms with E-state index < -0.39 is 0 Å². The maximum atomic E-state index is 9.28. The number of nitrogens with one attached hydrogen (secondary N) is 1. The van der Waals surface area contributed by atoms with E-state index in [-0.39, 0.29) is 5.54 Å². The molecule has 0 aromatic carbocycles. The lowest BCUT2D eigenvalue weighted by molar-refractivity contribution is -0.0973. The molecule has 0 spiro atoms. The highest BCUT2D eigenvalue weighted by molar-refractivity contribution is 5.55. The molecule has 0 amide bonds. The summed E-state index contributed by atoms with van der Waals surface area (Å²) in [6.07, 6.45) is 9.61. The molecule has 2 unspecified atom stereocenters. The number of anilines is 1. The lowest BCUT2D eigenvalue weighted by atomic mass is 9.43. The average molecular weight is 281 g/mol. The number of hydrogen-bond acceptors (Lipinski definition) is 3. The maximum Gasteiger partial charge on any atom is 0.163 e. The standard InChI is InChI=1S/C18H23N3/c1-16-6-13-7-17(2,10-16)12-18(8-13,11-16)21-14-4-3-5-20-15(14)9-19/h3-5,13,21H,6-8,10-12H2,1-2H3. The first kappa shape index (κ1) is 13.1. The van der Waals surface area contributed by atoms with Crippen LogP contribution in [0.25, 0.3) is 0 Å². The van der Waals surface area contributed by atoms with Gasteiger partial charge in [-0.2, -0.15) is 5.26 Å². The number of rotatable bonds is 2. The van der Waals surface area contributed by atoms with Gasteiger partial charge in [0.15, 0.2) is 5.69 Å². The van der Waals surface area contributed by atoms with Crippen molar-refractivity contribution in [2.24, 2.45) is 16.7 Å². The molecule has 1 N–H and O–H groups in total. The third kappa shape index (κ3) is 2.04. The quantitative estimate of drug-likeness (QED) is 0.887. The molecule has 21 heavy (non-hydrogen) atoms. The second-order valence-corrected chi connectivity index (χ2v) is 8.55. The van der Waals surface area contributed by atoms with Gasteiger partial charge in [-0.1, -0.05) is 13.8 Å². The topological polar surface area (TPSA) is 48.7 Å². The zero-order valence-electron chi connectivity index (χ0n) is 12.9. The molecule has 110 valence electrons. The molecule has 3 heteroatoms. The van der Waals surface area contributed by atoms with Gasteiger partial charge in [-0.25, -0.2) is 4.98 Å². The van der Waals surface area contributed by atoms with E-state index in [2.05, 4.69) is 30.2 Å². The smallest absolute Gasteiger partial charge is 0.163 e. The fourth-order valence-corrected chi connectivity index (χ4v) is 6.47. The van der Waals surface area contributed by atoms with Gasteiger partial charge in [0.05, 0.1) is 5.69 Å². The highest BCUT2D eigenvalue weighted by atomic mass is 15.0. The minimum atomic E-state index is 0.178. The van der Waals surface area contributed by atoms with Crippen LogP contribution in [0.1, 0.15) is 58.1 Å².